The minimum absolute atomic E-state index is 0.0205. The lowest BCUT2D eigenvalue weighted by Gasteiger charge is -2.30. The second-order valence-corrected chi connectivity index (χ2v) is 13.3. The summed E-state index contributed by atoms with van der Waals surface area (Å²) >= 11 is 2.13. The van der Waals surface area contributed by atoms with Crippen molar-refractivity contribution in [2.75, 3.05) is 0 Å². The van der Waals surface area contributed by atoms with Crippen LogP contribution in [0.3, 0.4) is 0 Å². The zero-order chi connectivity index (χ0) is 36.7. The van der Waals surface area contributed by atoms with Gasteiger partial charge < -0.3 is 19.2 Å². The molecular formula is C35H26F3IN8O5. The van der Waals surface area contributed by atoms with E-state index in [9.17, 15) is 32.3 Å². The molecule has 1 saturated carbocycles. The van der Waals surface area contributed by atoms with Crippen molar-refractivity contribution in [1.29, 1.82) is 0 Å². The molecule has 0 spiro atoms. The first kappa shape index (κ1) is 34.6. The highest BCUT2D eigenvalue weighted by atomic mass is 127. The van der Waals surface area contributed by atoms with Gasteiger partial charge in [0, 0.05) is 40.4 Å². The summed E-state index contributed by atoms with van der Waals surface area (Å²) < 4.78 is 46.5. The highest BCUT2D eigenvalue weighted by Gasteiger charge is 2.28. The molecule has 52 heavy (non-hydrogen) atoms. The van der Waals surface area contributed by atoms with Gasteiger partial charge in [0.15, 0.2) is 11.3 Å². The van der Waals surface area contributed by atoms with Crippen LogP contribution >= 0.6 is 22.6 Å². The van der Waals surface area contributed by atoms with Gasteiger partial charge in [-0.25, -0.2) is 42.3 Å². The summed E-state index contributed by atoms with van der Waals surface area (Å²) in [5.74, 6) is -3.03. The molecular weight excluding hydrogens is 796 g/mol. The number of carbonyl (C=O) groups is 2. The van der Waals surface area contributed by atoms with Gasteiger partial charge in [-0.3, -0.25) is 14.2 Å². The maximum atomic E-state index is 14.1. The number of nitrogens with one attached hydrogen (secondary N) is 1. The standard InChI is InChI=1S/C27H21F2IN6O3.C8H5FN2O2/c28-15-4-9-23-33-22(14-34(23)13-15)25(37)32-18-5-7-19(8-6-18)36-26(38)21-10-16(29)12-31-24(21)35(27(36)39)20-3-1-2-17(30)11-20;9-5-1-2-7-10-6(8(12)13)4-11(7)3-5/h1-4,9-14,18-19H,5-8H2,(H,32,37);1-4H,(H,12,13). The van der Waals surface area contributed by atoms with Crippen LogP contribution in [-0.4, -0.2) is 55.9 Å². The van der Waals surface area contributed by atoms with Gasteiger partial charge in [0.25, 0.3) is 11.5 Å². The van der Waals surface area contributed by atoms with Gasteiger partial charge in [-0.15, -0.1) is 0 Å². The Balaban J connectivity index is 0.000000271. The fourth-order valence-electron chi connectivity index (χ4n) is 6.23. The molecule has 264 valence electrons. The van der Waals surface area contributed by atoms with Crippen LogP contribution in [0, 0.1) is 21.0 Å². The lowest BCUT2D eigenvalue weighted by atomic mass is 9.90. The van der Waals surface area contributed by atoms with Crippen LogP contribution < -0.4 is 16.6 Å². The minimum Gasteiger partial charge on any atom is -0.476 e. The number of imidazole rings is 2. The first-order valence-corrected chi connectivity index (χ1v) is 16.9. The van der Waals surface area contributed by atoms with Crippen molar-refractivity contribution in [3.8, 4) is 5.69 Å². The number of fused-ring (bicyclic) bond motifs is 3. The number of benzene rings is 1. The molecule has 1 aliphatic rings. The summed E-state index contributed by atoms with van der Waals surface area (Å²) in [5.41, 5.74) is 0.436. The number of carboxylic acid groups (broad SMARTS) is 1. The van der Waals surface area contributed by atoms with Crippen molar-refractivity contribution in [3.05, 3.63) is 139 Å². The van der Waals surface area contributed by atoms with Crippen molar-refractivity contribution in [2.24, 2.45) is 0 Å². The molecule has 1 fully saturated rings. The van der Waals surface area contributed by atoms with Gasteiger partial charge >= 0.3 is 11.7 Å². The van der Waals surface area contributed by atoms with Crippen molar-refractivity contribution in [2.45, 2.75) is 37.8 Å². The molecule has 0 radical (unpaired) electrons. The molecule has 0 atom stereocenters. The first-order chi connectivity index (χ1) is 24.9. The third-order valence-electron chi connectivity index (χ3n) is 8.64. The maximum absolute atomic E-state index is 14.1. The van der Waals surface area contributed by atoms with E-state index in [0.717, 1.165) is 15.8 Å². The predicted molar refractivity (Wildman–Crippen MR) is 190 cm³/mol. The Morgan fingerprint density at radius 1 is 0.808 bits per heavy atom. The predicted octanol–water partition coefficient (Wildman–Crippen LogP) is 5.16. The van der Waals surface area contributed by atoms with Crippen LogP contribution in [0.1, 0.15) is 52.7 Å². The highest BCUT2D eigenvalue weighted by molar-refractivity contribution is 14.1. The zero-order valence-corrected chi connectivity index (χ0v) is 28.9. The molecule has 0 saturated heterocycles. The van der Waals surface area contributed by atoms with Gasteiger partial charge in [-0.2, -0.15) is 0 Å². The minimum atomic E-state index is -1.12. The quantitative estimate of drug-likeness (QED) is 0.226. The molecule has 8 rings (SSSR count). The van der Waals surface area contributed by atoms with Gasteiger partial charge in [-0.05, 0) is 96.8 Å². The van der Waals surface area contributed by atoms with E-state index in [1.54, 1.807) is 18.2 Å². The molecule has 1 amide bonds. The van der Waals surface area contributed by atoms with Crippen LogP contribution in [0.5, 0.6) is 0 Å². The van der Waals surface area contributed by atoms with Crippen LogP contribution in [-0.2, 0) is 0 Å². The van der Waals surface area contributed by atoms with E-state index in [0.29, 0.717) is 42.7 Å². The molecule has 6 aromatic heterocycles. The number of amides is 1. The summed E-state index contributed by atoms with van der Waals surface area (Å²) in [5, 5.41) is 11.6. The number of aromatic carboxylic acids is 1. The smallest absolute Gasteiger partial charge is 0.356 e. The van der Waals surface area contributed by atoms with E-state index in [1.165, 1.54) is 67.0 Å². The molecule has 1 aromatic carbocycles. The van der Waals surface area contributed by atoms with E-state index < -0.39 is 40.7 Å². The Hall–Kier alpha value is -5.85. The normalized spacial score (nSPS) is 15.8. The van der Waals surface area contributed by atoms with E-state index >= 15 is 0 Å². The number of hydrogen-bond donors (Lipinski definition) is 2. The average molecular weight is 823 g/mol. The molecule has 6 heterocycles. The van der Waals surface area contributed by atoms with E-state index in [4.69, 9.17) is 5.11 Å². The molecule has 0 aliphatic heterocycles. The SMILES string of the molecule is O=C(NC1CCC(n2c(=O)c3cc(F)cnc3n(-c3cccc(I)c3)c2=O)CC1)c1cn2cc(F)ccc2n1.O=C(O)c1cn2cc(F)ccc2n1. The highest BCUT2D eigenvalue weighted by Crippen LogP contribution is 2.28. The Kier molecular flexibility index (Phi) is 9.35. The summed E-state index contributed by atoms with van der Waals surface area (Å²) in [7, 11) is 0. The fourth-order valence-corrected chi connectivity index (χ4v) is 6.76. The molecule has 2 N–H and O–H groups in total. The maximum Gasteiger partial charge on any atom is 0.356 e. The fraction of sp³-hybridized carbons (Fsp3) is 0.171. The van der Waals surface area contributed by atoms with Gasteiger partial charge in [-0.1, -0.05) is 6.07 Å². The van der Waals surface area contributed by atoms with Crippen molar-refractivity contribution < 1.29 is 27.9 Å². The van der Waals surface area contributed by atoms with Gasteiger partial charge in [0.1, 0.15) is 34.4 Å². The lowest BCUT2D eigenvalue weighted by molar-refractivity contribution is 0.0691. The number of carboxylic acids is 1. The average Bonchev–Trinajstić information content (AvgIpc) is 3.74. The molecule has 0 bridgehead atoms. The van der Waals surface area contributed by atoms with Crippen LogP contribution in [0.15, 0.2) is 95.2 Å². The lowest BCUT2D eigenvalue weighted by Crippen LogP contribution is -2.45. The van der Waals surface area contributed by atoms with Gasteiger partial charge in [0.2, 0.25) is 0 Å². The Morgan fingerprint density at radius 2 is 1.44 bits per heavy atom. The van der Waals surface area contributed by atoms with Crippen molar-refractivity contribution in [3.63, 3.8) is 0 Å². The molecule has 13 nitrogen and oxygen atoms in total. The number of carbonyl (C=O) groups excluding carboxylic acids is 1. The molecule has 0 unspecified atom stereocenters. The zero-order valence-electron chi connectivity index (χ0n) is 26.8. The topological polar surface area (TPSA) is 158 Å². The third-order valence-corrected chi connectivity index (χ3v) is 9.31. The number of nitrogens with zero attached hydrogens (tertiary/aromatic N) is 7. The monoisotopic (exact) mass is 822 g/mol. The Bertz CT molecular complexity index is 2650. The summed E-state index contributed by atoms with van der Waals surface area (Å²) in [6.07, 6.45) is 8.09. The molecule has 17 heteroatoms. The molecule has 1 aliphatic carbocycles. The Labute approximate surface area is 304 Å². The van der Waals surface area contributed by atoms with E-state index in [2.05, 4.69) is 42.9 Å². The van der Waals surface area contributed by atoms with Crippen molar-refractivity contribution in [1.82, 2.24) is 38.2 Å². The molecule has 7 aromatic rings. The first-order valence-electron chi connectivity index (χ1n) is 15.9. The van der Waals surface area contributed by atoms with Crippen molar-refractivity contribution >= 4 is 56.8 Å². The van der Waals surface area contributed by atoms with E-state index in [-0.39, 0.29) is 34.4 Å². The van der Waals surface area contributed by atoms with Crippen LogP contribution in [0.2, 0.25) is 0 Å². The van der Waals surface area contributed by atoms with E-state index in [1.807, 2.05) is 6.07 Å². The number of hydrogen-bond acceptors (Lipinski definition) is 7. The number of pyridine rings is 3. The van der Waals surface area contributed by atoms with Crippen LogP contribution in [0.25, 0.3) is 28.0 Å². The number of rotatable bonds is 5. The summed E-state index contributed by atoms with van der Waals surface area (Å²) in [4.78, 5) is 62.5. The summed E-state index contributed by atoms with van der Waals surface area (Å²) in [6, 6.07) is 13.1. The van der Waals surface area contributed by atoms with Gasteiger partial charge in [0.05, 0.1) is 17.3 Å². The largest absolute Gasteiger partial charge is 0.476 e. The third kappa shape index (κ3) is 6.90. The summed E-state index contributed by atoms with van der Waals surface area (Å²) in [6.45, 7) is 0. The second-order valence-electron chi connectivity index (χ2n) is 12.1. The second kappa shape index (κ2) is 14.0. The Morgan fingerprint density at radius 3 is 2.08 bits per heavy atom. The number of halogens is 4. The number of aromatic nitrogens is 7. The van der Waals surface area contributed by atoms with Crippen LogP contribution in [0.4, 0.5) is 13.2 Å².